The number of benzene rings is 2. The van der Waals surface area contributed by atoms with Crippen molar-refractivity contribution in [3.63, 3.8) is 0 Å². The summed E-state index contributed by atoms with van der Waals surface area (Å²) in [5.41, 5.74) is 1.53. The second-order valence-electron chi connectivity index (χ2n) is 7.90. The van der Waals surface area contributed by atoms with E-state index in [1.54, 1.807) is 30.5 Å². The van der Waals surface area contributed by atoms with E-state index in [0.717, 1.165) is 18.6 Å². The molecule has 1 fully saturated rings. The minimum Gasteiger partial charge on any atom is -0.494 e. The molecule has 1 aromatic heterocycles. The van der Waals surface area contributed by atoms with Gasteiger partial charge < -0.3 is 14.5 Å². The highest BCUT2D eigenvalue weighted by molar-refractivity contribution is 6.33. The maximum absolute atomic E-state index is 12.9. The second-order valence-corrected chi connectivity index (χ2v) is 8.28. The molecule has 0 N–H and O–H groups in total. The number of piperazine rings is 1. The van der Waals surface area contributed by atoms with Crippen LogP contribution in [0.25, 0.3) is 5.69 Å². The van der Waals surface area contributed by atoms with Gasteiger partial charge in [0, 0.05) is 31.7 Å². The molecule has 1 amide bonds. The summed E-state index contributed by atoms with van der Waals surface area (Å²) < 4.78 is 6.96. The van der Waals surface area contributed by atoms with E-state index in [1.807, 2.05) is 40.1 Å². The first-order valence-corrected chi connectivity index (χ1v) is 11.6. The quantitative estimate of drug-likeness (QED) is 0.492. The van der Waals surface area contributed by atoms with Crippen molar-refractivity contribution in [2.45, 2.75) is 19.8 Å². The molecule has 1 aliphatic heterocycles. The number of para-hydroxylation sites is 1. The number of nitrogens with zero attached hydrogens (tertiary/aromatic N) is 4. The number of ether oxygens (including phenoxy) is 1. The molecular formula is C25H27ClN4O3. The number of rotatable bonds is 7. The molecule has 33 heavy (non-hydrogen) atoms. The van der Waals surface area contributed by atoms with Gasteiger partial charge in [0.05, 0.1) is 24.2 Å². The van der Waals surface area contributed by atoms with Gasteiger partial charge in [-0.05, 0) is 42.8 Å². The van der Waals surface area contributed by atoms with Crippen LogP contribution in [0.3, 0.4) is 0 Å². The van der Waals surface area contributed by atoms with Gasteiger partial charge in [0.25, 0.3) is 11.5 Å². The molecule has 0 spiro atoms. The van der Waals surface area contributed by atoms with Crippen LogP contribution in [0.2, 0.25) is 5.02 Å². The largest absolute Gasteiger partial charge is 0.494 e. The molecule has 2 heterocycles. The number of halogens is 1. The van der Waals surface area contributed by atoms with E-state index >= 15 is 0 Å². The maximum atomic E-state index is 12.9. The highest BCUT2D eigenvalue weighted by Gasteiger charge is 2.25. The predicted octanol–water partition coefficient (Wildman–Crippen LogP) is 4.03. The summed E-state index contributed by atoms with van der Waals surface area (Å²) in [6, 6.07) is 16.5. The first-order valence-electron chi connectivity index (χ1n) is 11.2. The fraction of sp³-hybridized carbons (Fsp3) is 0.320. The van der Waals surface area contributed by atoms with Crippen molar-refractivity contribution in [2.24, 2.45) is 0 Å². The van der Waals surface area contributed by atoms with Gasteiger partial charge in [-0.2, -0.15) is 9.78 Å². The minimum absolute atomic E-state index is 0.0153. The van der Waals surface area contributed by atoms with Gasteiger partial charge in [0.15, 0.2) is 0 Å². The lowest BCUT2D eigenvalue weighted by Crippen LogP contribution is -2.49. The van der Waals surface area contributed by atoms with Crippen molar-refractivity contribution < 1.29 is 9.53 Å². The summed E-state index contributed by atoms with van der Waals surface area (Å²) in [4.78, 5) is 29.5. The second kappa shape index (κ2) is 10.5. The van der Waals surface area contributed by atoms with Crippen molar-refractivity contribution in [1.82, 2.24) is 14.7 Å². The number of aromatic nitrogens is 2. The van der Waals surface area contributed by atoms with Crippen LogP contribution in [0.5, 0.6) is 5.75 Å². The lowest BCUT2D eigenvalue weighted by molar-refractivity contribution is 0.0746. The average Bonchev–Trinajstić information content (AvgIpc) is 2.86. The van der Waals surface area contributed by atoms with E-state index in [2.05, 4.69) is 12.0 Å². The van der Waals surface area contributed by atoms with E-state index in [0.29, 0.717) is 49.7 Å². The van der Waals surface area contributed by atoms with Gasteiger partial charge in [-0.25, -0.2) is 0 Å². The molecule has 1 aliphatic rings. The van der Waals surface area contributed by atoms with E-state index in [9.17, 15) is 9.59 Å². The van der Waals surface area contributed by atoms with E-state index < -0.39 is 0 Å². The number of carbonyl (C=O) groups excluding carboxylic acids is 1. The standard InChI is InChI=1S/C25H27ClN4O3/c1-2-3-17-33-21-11-9-19(10-12-21)24(31)29-15-13-28(14-16-29)22-18-27-30(25(32)23(22)26)20-7-5-4-6-8-20/h4-12,18H,2-3,13-17H2,1H3. The van der Waals surface area contributed by atoms with Crippen molar-refractivity contribution in [3.8, 4) is 11.4 Å². The predicted molar refractivity (Wildman–Crippen MR) is 130 cm³/mol. The van der Waals surface area contributed by atoms with E-state index in [-0.39, 0.29) is 16.5 Å². The zero-order valence-corrected chi connectivity index (χ0v) is 19.4. The van der Waals surface area contributed by atoms with Gasteiger partial charge in [0.2, 0.25) is 0 Å². The minimum atomic E-state index is -0.361. The number of carbonyl (C=O) groups is 1. The summed E-state index contributed by atoms with van der Waals surface area (Å²) in [5, 5.41) is 4.44. The summed E-state index contributed by atoms with van der Waals surface area (Å²) in [5.74, 6) is 0.760. The van der Waals surface area contributed by atoms with E-state index in [4.69, 9.17) is 16.3 Å². The fourth-order valence-corrected chi connectivity index (χ4v) is 4.01. The van der Waals surface area contributed by atoms with Crippen molar-refractivity contribution in [2.75, 3.05) is 37.7 Å². The number of hydrogen-bond donors (Lipinski definition) is 0. The third-order valence-electron chi connectivity index (χ3n) is 5.68. The summed E-state index contributed by atoms with van der Waals surface area (Å²) in [6.45, 7) is 5.00. The zero-order chi connectivity index (χ0) is 23.2. The van der Waals surface area contributed by atoms with Gasteiger partial charge >= 0.3 is 0 Å². The fourth-order valence-electron chi connectivity index (χ4n) is 3.76. The van der Waals surface area contributed by atoms with Gasteiger partial charge in [-0.15, -0.1) is 0 Å². The SMILES string of the molecule is CCCCOc1ccc(C(=O)N2CCN(c3cnn(-c4ccccc4)c(=O)c3Cl)CC2)cc1. The molecule has 0 saturated carbocycles. The van der Waals surface area contributed by atoms with Crippen LogP contribution < -0.4 is 15.2 Å². The van der Waals surface area contributed by atoms with Crippen LogP contribution in [-0.4, -0.2) is 53.4 Å². The Labute approximate surface area is 198 Å². The van der Waals surface area contributed by atoms with Crippen LogP contribution in [0.1, 0.15) is 30.1 Å². The first kappa shape index (κ1) is 22.9. The molecule has 0 bridgehead atoms. The molecule has 1 saturated heterocycles. The topological polar surface area (TPSA) is 67.7 Å². The Morgan fingerprint density at radius 2 is 1.73 bits per heavy atom. The Bertz CT molecular complexity index is 1140. The molecule has 172 valence electrons. The van der Waals surface area contributed by atoms with E-state index in [1.165, 1.54) is 4.68 Å². The average molecular weight is 467 g/mol. The first-order chi connectivity index (χ1) is 16.1. The molecular weight excluding hydrogens is 440 g/mol. The number of unbranched alkanes of at least 4 members (excludes halogenated alkanes) is 1. The van der Waals surface area contributed by atoms with Gasteiger partial charge in [0.1, 0.15) is 10.8 Å². The Morgan fingerprint density at radius 3 is 2.39 bits per heavy atom. The molecule has 3 aromatic rings. The van der Waals surface area contributed by atoms with Crippen LogP contribution in [0.4, 0.5) is 5.69 Å². The van der Waals surface area contributed by atoms with Crippen molar-refractivity contribution in [3.05, 3.63) is 81.7 Å². The lowest BCUT2D eigenvalue weighted by Gasteiger charge is -2.36. The molecule has 7 nitrogen and oxygen atoms in total. The van der Waals surface area contributed by atoms with Gasteiger partial charge in [-0.1, -0.05) is 43.1 Å². The Morgan fingerprint density at radius 1 is 1.03 bits per heavy atom. The number of amides is 1. The number of hydrogen-bond acceptors (Lipinski definition) is 5. The van der Waals surface area contributed by atoms with Crippen LogP contribution in [-0.2, 0) is 0 Å². The molecule has 0 unspecified atom stereocenters. The van der Waals surface area contributed by atoms with Gasteiger partial charge in [-0.3, -0.25) is 9.59 Å². The molecule has 8 heteroatoms. The molecule has 0 atom stereocenters. The summed E-state index contributed by atoms with van der Waals surface area (Å²) >= 11 is 6.43. The molecule has 4 rings (SSSR count). The molecule has 0 radical (unpaired) electrons. The van der Waals surface area contributed by atoms with Crippen LogP contribution >= 0.6 is 11.6 Å². The third kappa shape index (κ3) is 5.20. The monoisotopic (exact) mass is 466 g/mol. The maximum Gasteiger partial charge on any atom is 0.292 e. The smallest absolute Gasteiger partial charge is 0.292 e. The Hall–Kier alpha value is -3.32. The van der Waals surface area contributed by atoms with Crippen molar-refractivity contribution >= 4 is 23.2 Å². The highest BCUT2D eigenvalue weighted by atomic mass is 35.5. The Kier molecular flexibility index (Phi) is 7.29. The van der Waals surface area contributed by atoms with Crippen LogP contribution in [0, 0.1) is 0 Å². The third-order valence-corrected chi connectivity index (χ3v) is 6.03. The normalized spacial score (nSPS) is 13.8. The molecule has 0 aliphatic carbocycles. The number of anilines is 1. The zero-order valence-electron chi connectivity index (χ0n) is 18.6. The lowest BCUT2D eigenvalue weighted by atomic mass is 10.1. The Balaban J connectivity index is 1.39. The summed E-state index contributed by atoms with van der Waals surface area (Å²) in [6.07, 6.45) is 3.70. The summed E-state index contributed by atoms with van der Waals surface area (Å²) in [7, 11) is 0. The highest BCUT2D eigenvalue weighted by Crippen LogP contribution is 2.24. The molecule has 2 aromatic carbocycles. The van der Waals surface area contributed by atoms with Crippen LogP contribution in [0.15, 0.2) is 65.6 Å². The van der Waals surface area contributed by atoms with Crippen molar-refractivity contribution in [1.29, 1.82) is 0 Å².